The van der Waals surface area contributed by atoms with E-state index in [4.69, 9.17) is 9.36 Å². The van der Waals surface area contributed by atoms with Gasteiger partial charge in [0.15, 0.2) is 6.61 Å². The lowest BCUT2D eigenvalue weighted by atomic mass is 10.3. The van der Waals surface area contributed by atoms with E-state index in [0.29, 0.717) is 22.5 Å². The van der Waals surface area contributed by atoms with Crippen LogP contribution in [-0.4, -0.2) is 47.1 Å². The minimum Gasteiger partial charge on any atom is -0.388 e. The first kappa shape index (κ1) is 15.4. The average Bonchev–Trinajstić information content (AvgIpc) is 3.10. The number of nitrogens with zero attached hydrogens (tertiary/aromatic N) is 5. The first-order chi connectivity index (χ1) is 10.9. The maximum absolute atomic E-state index is 12.2. The van der Waals surface area contributed by atoms with Gasteiger partial charge in [-0.1, -0.05) is 10.0 Å². The van der Waals surface area contributed by atoms with Crippen molar-refractivity contribution in [3.63, 3.8) is 0 Å². The smallest absolute Gasteiger partial charge is 0.242 e. The van der Waals surface area contributed by atoms with Crippen molar-refractivity contribution in [2.24, 2.45) is 0 Å². The molecule has 10 heteroatoms. The van der Waals surface area contributed by atoms with Crippen molar-refractivity contribution in [1.29, 1.82) is 0 Å². The topological polar surface area (TPSA) is 103 Å². The third-order valence-corrected chi connectivity index (χ3v) is 4.99. The summed E-state index contributed by atoms with van der Waals surface area (Å²) < 4.78 is 30.5. The molecule has 0 aliphatic rings. The van der Waals surface area contributed by atoms with Gasteiger partial charge in [-0.15, -0.1) is 5.10 Å². The van der Waals surface area contributed by atoms with E-state index in [0.717, 1.165) is 4.31 Å². The standard InChI is InChI=1S/C13H15N5O4S/c1-9-6-10(15-22-9)8-21-18-13-7-11(23(19,20)17(2)3)4-5-12(13)14-16-18/h4-7H,8H2,1-3H3. The van der Waals surface area contributed by atoms with Crippen LogP contribution in [0.4, 0.5) is 0 Å². The molecule has 0 aliphatic heterocycles. The summed E-state index contributed by atoms with van der Waals surface area (Å²) in [5.41, 5.74) is 1.58. The van der Waals surface area contributed by atoms with E-state index in [2.05, 4.69) is 15.5 Å². The highest BCUT2D eigenvalue weighted by Gasteiger charge is 2.19. The summed E-state index contributed by atoms with van der Waals surface area (Å²) in [6.45, 7) is 1.90. The predicted octanol–water partition coefficient (Wildman–Crippen LogP) is 0.607. The molecule has 0 bridgehead atoms. The van der Waals surface area contributed by atoms with Gasteiger partial charge in [0, 0.05) is 20.2 Å². The van der Waals surface area contributed by atoms with Crippen molar-refractivity contribution in [2.75, 3.05) is 14.1 Å². The predicted molar refractivity (Wildman–Crippen MR) is 79.9 cm³/mol. The van der Waals surface area contributed by atoms with E-state index in [1.807, 2.05) is 0 Å². The summed E-state index contributed by atoms with van der Waals surface area (Å²) in [4.78, 5) is 6.81. The number of aromatic nitrogens is 4. The van der Waals surface area contributed by atoms with E-state index in [9.17, 15) is 8.42 Å². The summed E-state index contributed by atoms with van der Waals surface area (Å²) in [5.74, 6) is 0.673. The Morgan fingerprint density at radius 1 is 1.30 bits per heavy atom. The van der Waals surface area contributed by atoms with Gasteiger partial charge < -0.3 is 9.36 Å². The normalized spacial score (nSPS) is 12.2. The van der Waals surface area contributed by atoms with Crippen molar-refractivity contribution in [1.82, 2.24) is 24.6 Å². The quantitative estimate of drug-likeness (QED) is 0.672. The average molecular weight is 337 g/mol. The molecule has 1 aromatic carbocycles. The van der Waals surface area contributed by atoms with E-state index in [-0.39, 0.29) is 11.5 Å². The molecule has 23 heavy (non-hydrogen) atoms. The number of hydrogen-bond donors (Lipinski definition) is 0. The van der Waals surface area contributed by atoms with Crippen LogP contribution in [0.25, 0.3) is 11.0 Å². The molecule has 9 nitrogen and oxygen atoms in total. The van der Waals surface area contributed by atoms with E-state index in [1.165, 1.54) is 31.1 Å². The number of sulfonamides is 1. The molecule has 3 aromatic rings. The molecule has 0 saturated carbocycles. The summed E-state index contributed by atoms with van der Waals surface area (Å²) in [7, 11) is -0.604. The van der Waals surface area contributed by atoms with Crippen molar-refractivity contribution in [3.8, 4) is 0 Å². The zero-order valence-corrected chi connectivity index (χ0v) is 13.6. The number of fused-ring (bicyclic) bond motifs is 1. The van der Waals surface area contributed by atoms with Crippen LogP contribution in [0.3, 0.4) is 0 Å². The Morgan fingerprint density at radius 3 is 2.74 bits per heavy atom. The van der Waals surface area contributed by atoms with Crippen LogP contribution in [0.15, 0.2) is 33.7 Å². The molecule has 2 aromatic heterocycles. The fourth-order valence-electron chi connectivity index (χ4n) is 1.96. The van der Waals surface area contributed by atoms with Crippen LogP contribution in [-0.2, 0) is 16.6 Å². The molecule has 0 fully saturated rings. The van der Waals surface area contributed by atoms with Gasteiger partial charge in [0.05, 0.1) is 4.90 Å². The summed E-state index contributed by atoms with van der Waals surface area (Å²) in [6.07, 6.45) is 0. The molecule has 0 aliphatic carbocycles. The largest absolute Gasteiger partial charge is 0.388 e. The van der Waals surface area contributed by atoms with E-state index >= 15 is 0 Å². The molecule has 0 saturated heterocycles. The van der Waals surface area contributed by atoms with Crippen LogP contribution in [0.2, 0.25) is 0 Å². The second-order valence-electron chi connectivity index (χ2n) is 5.10. The third-order valence-electron chi connectivity index (χ3n) is 3.18. The van der Waals surface area contributed by atoms with Crippen molar-refractivity contribution in [3.05, 3.63) is 35.7 Å². The lowest BCUT2D eigenvalue weighted by Crippen LogP contribution is -2.22. The Morgan fingerprint density at radius 2 is 2.09 bits per heavy atom. The Labute approximate surface area is 132 Å². The van der Waals surface area contributed by atoms with Gasteiger partial charge in [0.2, 0.25) is 10.0 Å². The van der Waals surface area contributed by atoms with Gasteiger partial charge in [0.25, 0.3) is 0 Å². The number of hydrogen-bond acceptors (Lipinski definition) is 7. The van der Waals surface area contributed by atoms with Gasteiger partial charge in [-0.25, -0.2) is 12.7 Å². The Kier molecular flexibility index (Phi) is 3.78. The fraction of sp³-hybridized carbons (Fsp3) is 0.308. The molecule has 0 unspecified atom stereocenters. The SMILES string of the molecule is Cc1cc(COn2nnc3ccc(S(=O)(=O)N(C)C)cc32)no1. The van der Waals surface area contributed by atoms with Crippen molar-refractivity contribution >= 4 is 21.1 Å². The maximum Gasteiger partial charge on any atom is 0.242 e. The fourth-order valence-corrected chi connectivity index (χ4v) is 2.88. The third kappa shape index (κ3) is 2.90. The van der Waals surface area contributed by atoms with Crippen LogP contribution in [0.5, 0.6) is 0 Å². The second kappa shape index (κ2) is 5.63. The van der Waals surface area contributed by atoms with Gasteiger partial charge in [-0.3, -0.25) is 0 Å². The summed E-state index contributed by atoms with van der Waals surface area (Å²) in [6, 6.07) is 6.27. The zero-order valence-electron chi connectivity index (χ0n) is 12.8. The van der Waals surface area contributed by atoms with Crippen molar-refractivity contribution in [2.45, 2.75) is 18.4 Å². The Balaban J connectivity index is 1.92. The molecule has 3 rings (SSSR count). The van der Waals surface area contributed by atoms with Gasteiger partial charge in [0.1, 0.15) is 22.5 Å². The lowest BCUT2D eigenvalue weighted by molar-refractivity contribution is 0.0714. The Bertz CT molecular complexity index is 944. The first-order valence-electron chi connectivity index (χ1n) is 6.71. The molecular formula is C13H15N5O4S. The lowest BCUT2D eigenvalue weighted by Gasteiger charge is -2.11. The highest BCUT2D eigenvalue weighted by atomic mass is 32.2. The molecule has 0 N–H and O–H groups in total. The summed E-state index contributed by atoms with van der Waals surface area (Å²) >= 11 is 0. The zero-order chi connectivity index (χ0) is 16.6. The first-order valence-corrected chi connectivity index (χ1v) is 8.15. The van der Waals surface area contributed by atoms with Crippen LogP contribution >= 0.6 is 0 Å². The van der Waals surface area contributed by atoms with E-state index < -0.39 is 10.0 Å². The number of rotatable bonds is 5. The molecule has 0 amide bonds. The molecule has 0 radical (unpaired) electrons. The highest BCUT2D eigenvalue weighted by Crippen LogP contribution is 2.19. The number of aryl methyl sites for hydroxylation is 1. The van der Waals surface area contributed by atoms with Gasteiger partial charge in [-0.2, -0.15) is 0 Å². The summed E-state index contributed by atoms with van der Waals surface area (Å²) in [5, 5.41) is 11.6. The van der Waals surface area contributed by atoms with Gasteiger partial charge in [-0.05, 0) is 30.3 Å². The van der Waals surface area contributed by atoms with Gasteiger partial charge >= 0.3 is 0 Å². The minimum absolute atomic E-state index is 0.125. The molecule has 0 atom stereocenters. The molecule has 2 heterocycles. The van der Waals surface area contributed by atoms with E-state index in [1.54, 1.807) is 19.1 Å². The molecular weight excluding hydrogens is 322 g/mol. The number of benzene rings is 1. The molecule has 0 spiro atoms. The van der Waals surface area contributed by atoms with Crippen LogP contribution < -0.4 is 4.84 Å². The van der Waals surface area contributed by atoms with Crippen LogP contribution in [0, 0.1) is 6.92 Å². The monoisotopic (exact) mass is 337 g/mol. The minimum atomic E-state index is -3.55. The Hall–Kier alpha value is -2.46. The van der Waals surface area contributed by atoms with Crippen LogP contribution in [0.1, 0.15) is 11.5 Å². The molecule has 122 valence electrons. The second-order valence-corrected chi connectivity index (χ2v) is 7.25. The van der Waals surface area contributed by atoms with Crippen molar-refractivity contribution < 1.29 is 17.8 Å². The highest BCUT2D eigenvalue weighted by molar-refractivity contribution is 7.89. The maximum atomic E-state index is 12.2.